The molecule has 2 rings (SSSR count). The molecule has 0 radical (unpaired) electrons. The van der Waals surface area contributed by atoms with Crippen LogP contribution in [-0.4, -0.2) is 80.6 Å². The Kier molecular flexibility index (Phi) is 16.9. The van der Waals surface area contributed by atoms with E-state index in [0.29, 0.717) is 36.8 Å². The third-order valence-electron chi connectivity index (χ3n) is 9.03. The number of nitrogens with zero attached hydrogens (tertiary/aromatic N) is 2. The number of carbonyl (C=O) groups excluding carboxylic acids is 5. The SMILES string of the molecule is CCCCCC(=O)N(COP(=O)(O)O)C(Cc1ccc(OC(=O)C2=CN(C)C=CC2)cc1)C(=O)NC(C(=O)NC(C)(C)CC(C)(C)C(N)=O)C(C)CC. The van der Waals surface area contributed by atoms with Gasteiger partial charge < -0.3 is 40.7 Å². The topological polar surface area (TPSA) is 218 Å². The molecule has 16 heteroatoms. The van der Waals surface area contributed by atoms with Crippen LogP contribution in [0.1, 0.15) is 99.0 Å². The predicted molar refractivity (Wildman–Crippen MR) is 199 cm³/mol. The zero-order valence-electron chi connectivity index (χ0n) is 32.2. The van der Waals surface area contributed by atoms with E-state index in [-0.39, 0.29) is 30.9 Å². The standard InChI is InChI=1S/C37H58N5O10P/c1-9-11-12-15-30(43)42(24-51-53(48,49)50)29(21-26-16-18-28(19-17-26)52-34(46)27-14-13-20-41(8)22-27)32(44)39-31(25(3)10-2)33(45)40-37(6,7)23-36(4,5)35(38)47/h13,16-20,22,25,29,31H,9-12,14-15,21,23-24H2,1-8H3,(H2,38,47)(H,39,44)(H,40,45)(H2,48,49,50). The molecule has 4 amide bonds. The van der Waals surface area contributed by atoms with Crippen LogP contribution in [0.4, 0.5) is 0 Å². The summed E-state index contributed by atoms with van der Waals surface area (Å²) in [4.78, 5) is 88.3. The second-order valence-corrected chi connectivity index (χ2v) is 16.1. The highest BCUT2D eigenvalue weighted by Crippen LogP contribution is 2.36. The molecule has 3 unspecified atom stereocenters. The molecular formula is C37H58N5O10P. The summed E-state index contributed by atoms with van der Waals surface area (Å²) in [6, 6.07) is 3.83. The summed E-state index contributed by atoms with van der Waals surface area (Å²) in [7, 11) is -3.28. The number of allylic oxidation sites excluding steroid dienone is 1. The van der Waals surface area contributed by atoms with Gasteiger partial charge in [0.1, 0.15) is 24.6 Å². The number of primary amides is 1. The smallest absolute Gasteiger partial charge is 0.423 e. The van der Waals surface area contributed by atoms with Crippen molar-refractivity contribution in [1.29, 1.82) is 0 Å². The van der Waals surface area contributed by atoms with Crippen molar-refractivity contribution in [1.82, 2.24) is 20.4 Å². The number of unbranched alkanes of at least 4 members (excludes halogenated alkanes) is 2. The molecule has 53 heavy (non-hydrogen) atoms. The third-order valence-corrected chi connectivity index (χ3v) is 9.48. The minimum atomic E-state index is -5.07. The second kappa shape index (κ2) is 19.9. The predicted octanol–water partition coefficient (Wildman–Crippen LogP) is 4.04. The molecule has 0 aliphatic carbocycles. The lowest BCUT2D eigenvalue weighted by Crippen LogP contribution is -2.60. The van der Waals surface area contributed by atoms with Gasteiger partial charge in [-0.05, 0) is 56.5 Å². The zero-order valence-corrected chi connectivity index (χ0v) is 33.1. The van der Waals surface area contributed by atoms with Crippen LogP contribution in [0.5, 0.6) is 5.75 Å². The Morgan fingerprint density at radius 1 is 1.04 bits per heavy atom. The van der Waals surface area contributed by atoms with Crippen molar-refractivity contribution in [3.63, 3.8) is 0 Å². The fourth-order valence-electron chi connectivity index (χ4n) is 6.00. The molecule has 1 aromatic rings. The molecule has 1 heterocycles. The van der Waals surface area contributed by atoms with Gasteiger partial charge in [-0.25, -0.2) is 9.36 Å². The molecule has 0 spiro atoms. The molecule has 15 nitrogen and oxygen atoms in total. The number of hydrogen-bond donors (Lipinski definition) is 5. The number of phosphoric acid groups is 1. The molecule has 296 valence electrons. The number of esters is 1. The van der Waals surface area contributed by atoms with Crippen LogP contribution in [-0.2, 0) is 39.5 Å². The molecule has 0 aromatic heterocycles. The zero-order chi connectivity index (χ0) is 40.1. The Labute approximate surface area is 312 Å². The summed E-state index contributed by atoms with van der Waals surface area (Å²) in [6.45, 7) is 11.5. The van der Waals surface area contributed by atoms with E-state index in [9.17, 15) is 38.3 Å². The van der Waals surface area contributed by atoms with Crippen LogP contribution in [0.3, 0.4) is 0 Å². The molecule has 0 saturated heterocycles. The molecule has 1 aliphatic rings. The van der Waals surface area contributed by atoms with E-state index in [0.717, 1.165) is 11.3 Å². The Balaban J connectivity index is 2.47. The lowest BCUT2D eigenvalue weighted by molar-refractivity contribution is -0.145. The highest BCUT2D eigenvalue weighted by molar-refractivity contribution is 7.46. The average Bonchev–Trinajstić information content (AvgIpc) is 3.05. The van der Waals surface area contributed by atoms with Gasteiger partial charge in [-0.2, -0.15) is 0 Å². The van der Waals surface area contributed by atoms with Crippen molar-refractivity contribution in [2.45, 2.75) is 117 Å². The van der Waals surface area contributed by atoms with Crippen LogP contribution in [0.25, 0.3) is 0 Å². The first-order valence-electron chi connectivity index (χ1n) is 17.9. The van der Waals surface area contributed by atoms with Crippen molar-refractivity contribution >= 4 is 37.4 Å². The van der Waals surface area contributed by atoms with Crippen molar-refractivity contribution in [3.8, 4) is 5.75 Å². The maximum Gasteiger partial charge on any atom is 0.471 e. The maximum atomic E-state index is 14.3. The first kappa shape index (κ1) is 45.1. The largest absolute Gasteiger partial charge is 0.471 e. The first-order valence-corrected chi connectivity index (χ1v) is 19.4. The maximum absolute atomic E-state index is 14.3. The Morgan fingerprint density at radius 2 is 1.68 bits per heavy atom. The van der Waals surface area contributed by atoms with Gasteiger partial charge in [-0.1, -0.05) is 72.1 Å². The van der Waals surface area contributed by atoms with Gasteiger partial charge in [-0.15, -0.1) is 0 Å². The minimum Gasteiger partial charge on any atom is -0.423 e. The summed E-state index contributed by atoms with van der Waals surface area (Å²) in [6.07, 6.45) is 8.25. The Bertz CT molecular complexity index is 1550. The summed E-state index contributed by atoms with van der Waals surface area (Å²) < 4.78 is 22.1. The van der Waals surface area contributed by atoms with E-state index in [4.69, 9.17) is 15.0 Å². The van der Waals surface area contributed by atoms with Gasteiger partial charge in [0.15, 0.2) is 0 Å². The van der Waals surface area contributed by atoms with Gasteiger partial charge in [0, 0.05) is 43.5 Å². The summed E-state index contributed by atoms with van der Waals surface area (Å²) >= 11 is 0. The molecule has 1 aliphatic heterocycles. The molecule has 3 atom stereocenters. The summed E-state index contributed by atoms with van der Waals surface area (Å²) in [5.41, 5.74) is 4.71. The number of rotatable bonds is 21. The highest BCUT2D eigenvalue weighted by Gasteiger charge is 2.39. The highest BCUT2D eigenvalue weighted by atomic mass is 31.2. The second-order valence-electron chi connectivity index (χ2n) is 14.9. The van der Waals surface area contributed by atoms with E-state index in [1.165, 1.54) is 12.1 Å². The number of ether oxygens (including phenoxy) is 1. The molecule has 0 saturated carbocycles. The van der Waals surface area contributed by atoms with Gasteiger partial charge in [0.05, 0.1) is 5.57 Å². The Morgan fingerprint density at radius 3 is 2.23 bits per heavy atom. The summed E-state index contributed by atoms with van der Waals surface area (Å²) in [5.74, 6) is -3.06. The number of carbonyl (C=O) groups is 5. The van der Waals surface area contributed by atoms with E-state index in [1.807, 2.05) is 26.1 Å². The van der Waals surface area contributed by atoms with Crippen LogP contribution in [0.2, 0.25) is 0 Å². The van der Waals surface area contributed by atoms with E-state index in [1.54, 1.807) is 64.9 Å². The fraction of sp³-hybridized carbons (Fsp3) is 0.595. The lowest BCUT2D eigenvalue weighted by atomic mass is 9.79. The molecule has 0 fully saturated rings. The summed E-state index contributed by atoms with van der Waals surface area (Å²) in [5, 5.41) is 5.74. The number of amides is 4. The van der Waals surface area contributed by atoms with Crippen LogP contribution < -0.4 is 21.1 Å². The monoisotopic (exact) mass is 763 g/mol. The third kappa shape index (κ3) is 15.1. The molecule has 0 bridgehead atoms. The Hall–Kier alpha value is -4.04. The average molecular weight is 764 g/mol. The first-order chi connectivity index (χ1) is 24.6. The number of nitrogens with two attached hydrogens (primary N) is 1. The number of nitrogens with one attached hydrogen (secondary N) is 2. The van der Waals surface area contributed by atoms with E-state index in [2.05, 4.69) is 10.6 Å². The van der Waals surface area contributed by atoms with Crippen molar-refractivity contribution < 1.29 is 47.6 Å². The molecular weight excluding hydrogens is 705 g/mol. The number of hydrogen-bond acceptors (Lipinski definition) is 9. The number of phosphoric ester groups is 1. The van der Waals surface area contributed by atoms with Crippen LogP contribution in [0.15, 0.2) is 48.3 Å². The van der Waals surface area contributed by atoms with Gasteiger partial charge in [0.25, 0.3) is 0 Å². The quantitative estimate of drug-likeness (QED) is 0.0396. The molecule has 6 N–H and O–H groups in total. The lowest BCUT2D eigenvalue weighted by Gasteiger charge is -2.36. The van der Waals surface area contributed by atoms with Crippen molar-refractivity contribution in [2.24, 2.45) is 17.1 Å². The number of benzene rings is 1. The van der Waals surface area contributed by atoms with Crippen LogP contribution >= 0.6 is 7.82 Å². The minimum absolute atomic E-state index is 0.0175. The molecule has 1 aromatic carbocycles. The van der Waals surface area contributed by atoms with E-state index < -0.39 is 67.2 Å². The van der Waals surface area contributed by atoms with Crippen molar-refractivity contribution in [3.05, 3.63) is 53.9 Å². The van der Waals surface area contributed by atoms with Crippen molar-refractivity contribution in [2.75, 3.05) is 13.8 Å². The van der Waals surface area contributed by atoms with Crippen LogP contribution in [0, 0.1) is 11.3 Å². The van der Waals surface area contributed by atoms with Gasteiger partial charge in [0.2, 0.25) is 23.6 Å². The van der Waals surface area contributed by atoms with Gasteiger partial charge in [-0.3, -0.25) is 23.7 Å². The normalized spacial score (nSPS) is 15.1. The van der Waals surface area contributed by atoms with E-state index >= 15 is 0 Å². The fourth-order valence-corrected chi connectivity index (χ4v) is 6.27. The van der Waals surface area contributed by atoms with Gasteiger partial charge >= 0.3 is 13.8 Å².